The Morgan fingerprint density at radius 1 is 1.14 bits per heavy atom. The molecule has 0 aromatic rings. The minimum atomic E-state index is -0.365. The molecule has 0 bridgehead atoms. The fraction of sp³-hybridized carbons (Fsp3) is 0.389. The van der Waals surface area contributed by atoms with Gasteiger partial charge in [0.25, 0.3) is 0 Å². The van der Waals surface area contributed by atoms with Crippen LogP contribution in [-0.2, 0) is 4.79 Å². The van der Waals surface area contributed by atoms with Crippen molar-refractivity contribution >= 4 is 5.91 Å². The number of nitrogens with two attached hydrogens (primary N) is 2. The third-order valence-corrected chi connectivity index (χ3v) is 4.07. The SMILES string of the molecule is Cc1cc(C(N)CC(N)=O)c2c(C)ccc(C(C)C)cc1-2. The third kappa shape index (κ3) is 3.08. The van der Waals surface area contributed by atoms with Crippen molar-refractivity contribution in [1.82, 2.24) is 0 Å². The Balaban J connectivity index is 2.61. The van der Waals surface area contributed by atoms with E-state index in [4.69, 9.17) is 11.5 Å². The molecule has 3 nitrogen and oxygen atoms in total. The maximum absolute atomic E-state index is 11.2. The zero-order valence-electron chi connectivity index (χ0n) is 13.2. The smallest absolute Gasteiger partial charge is 0.219 e. The monoisotopic (exact) mass is 284 g/mol. The van der Waals surface area contributed by atoms with Crippen molar-refractivity contribution in [2.75, 3.05) is 0 Å². The number of primary amides is 1. The van der Waals surface area contributed by atoms with E-state index in [9.17, 15) is 4.79 Å². The summed E-state index contributed by atoms with van der Waals surface area (Å²) in [4.78, 5) is 11.2. The standard InChI is InChI=1S/C18H24N2O/c1-10(2)13-6-5-11(3)18-14(8-13)12(4)7-15(18)16(19)9-17(20)21/h5-8,10,16H,9,19H2,1-4H3,(H2,20,21). The number of carbonyl (C=O) groups excluding carboxylic acids is 1. The van der Waals surface area contributed by atoms with Gasteiger partial charge in [0.05, 0.1) is 0 Å². The first-order valence-corrected chi connectivity index (χ1v) is 7.39. The summed E-state index contributed by atoms with van der Waals surface area (Å²) in [6, 6.07) is 8.29. The normalized spacial score (nSPS) is 12.9. The van der Waals surface area contributed by atoms with Gasteiger partial charge in [-0.15, -0.1) is 0 Å². The second kappa shape index (κ2) is 5.86. The molecule has 4 N–H and O–H groups in total. The van der Waals surface area contributed by atoms with Crippen LogP contribution in [0.1, 0.15) is 54.5 Å². The predicted molar refractivity (Wildman–Crippen MR) is 87.4 cm³/mol. The molecule has 1 unspecified atom stereocenters. The first-order valence-electron chi connectivity index (χ1n) is 7.39. The van der Waals surface area contributed by atoms with Gasteiger partial charge < -0.3 is 11.5 Å². The Labute approximate surface area is 126 Å². The lowest BCUT2D eigenvalue weighted by atomic mass is 9.97. The van der Waals surface area contributed by atoms with Gasteiger partial charge in [-0.3, -0.25) is 4.79 Å². The van der Waals surface area contributed by atoms with Crippen LogP contribution >= 0.6 is 0 Å². The first kappa shape index (κ1) is 15.5. The molecule has 0 aromatic carbocycles. The van der Waals surface area contributed by atoms with E-state index in [1.807, 2.05) is 0 Å². The molecule has 2 aliphatic carbocycles. The predicted octanol–water partition coefficient (Wildman–Crippen LogP) is 3.41. The van der Waals surface area contributed by atoms with Crippen molar-refractivity contribution in [2.45, 2.75) is 46.1 Å². The molecule has 0 spiro atoms. The van der Waals surface area contributed by atoms with Crippen LogP contribution in [-0.4, -0.2) is 5.91 Å². The highest BCUT2D eigenvalue weighted by atomic mass is 16.1. The highest BCUT2D eigenvalue weighted by Crippen LogP contribution is 2.38. The van der Waals surface area contributed by atoms with Crippen molar-refractivity contribution in [3.8, 4) is 11.1 Å². The molecule has 3 heteroatoms. The van der Waals surface area contributed by atoms with E-state index in [-0.39, 0.29) is 18.4 Å². The van der Waals surface area contributed by atoms with Crippen LogP contribution in [0.3, 0.4) is 0 Å². The molecule has 112 valence electrons. The van der Waals surface area contributed by atoms with E-state index in [2.05, 4.69) is 52.0 Å². The lowest BCUT2D eigenvalue weighted by Crippen LogP contribution is -2.20. The molecule has 0 radical (unpaired) electrons. The molecule has 0 aliphatic heterocycles. The highest BCUT2D eigenvalue weighted by Gasteiger charge is 2.21. The molecule has 2 aliphatic rings. The summed E-state index contributed by atoms with van der Waals surface area (Å²) in [5.41, 5.74) is 18.5. The third-order valence-electron chi connectivity index (χ3n) is 4.07. The van der Waals surface area contributed by atoms with Gasteiger partial charge in [0.1, 0.15) is 0 Å². The summed E-state index contributed by atoms with van der Waals surface area (Å²) in [5.74, 6) is 0.104. The quantitative estimate of drug-likeness (QED) is 0.903. The van der Waals surface area contributed by atoms with Crippen LogP contribution < -0.4 is 11.5 Å². The fourth-order valence-corrected chi connectivity index (χ4v) is 2.86. The van der Waals surface area contributed by atoms with E-state index in [1.54, 1.807) is 0 Å². The van der Waals surface area contributed by atoms with Crippen molar-refractivity contribution in [3.05, 3.63) is 46.5 Å². The van der Waals surface area contributed by atoms with Gasteiger partial charge in [-0.25, -0.2) is 0 Å². The molecule has 0 fully saturated rings. The summed E-state index contributed by atoms with van der Waals surface area (Å²) < 4.78 is 0. The minimum Gasteiger partial charge on any atom is -0.370 e. The maximum atomic E-state index is 11.2. The number of hydrogen-bond donors (Lipinski definition) is 2. The minimum absolute atomic E-state index is 0.174. The van der Waals surface area contributed by atoms with Gasteiger partial charge >= 0.3 is 0 Å². The molecular formula is C18H24N2O. The molecule has 0 heterocycles. The Morgan fingerprint density at radius 3 is 2.38 bits per heavy atom. The molecule has 1 atom stereocenters. The van der Waals surface area contributed by atoms with Crippen molar-refractivity contribution < 1.29 is 4.79 Å². The second-order valence-corrected chi connectivity index (χ2v) is 6.16. The van der Waals surface area contributed by atoms with Crippen LogP contribution in [0.25, 0.3) is 11.1 Å². The van der Waals surface area contributed by atoms with Gasteiger partial charge in [0.2, 0.25) is 5.91 Å². The van der Waals surface area contributed by atoms with Crippen LogP contribution in [0.15, 0.2) is 24.3 Å². The van der Waals surface area contributed by atoms with E-state index in [0.29, 0.717) is 5.92 Å². The van der Waals surface area contributed by atoms with E-state index in [0.717, 1.165) is 11.1 Å². The number of aryl methyl sites for hydroxylation is 2. The van der Waals surface area contributed by atoms with E-state index >= 15 is 0 Å². The van der Waals surface area contributed by atoms with Crippen LogP contribution in [0.2, 0.25) is 0 Å². The average Bonchev–Trinajstić information content (AvgIpc) is 2.59. The zero-order valence-corrected chi connectivity index (χ0v) is 13.2. The largest absolute Gasteiger partial charge is 0.370 e. The zero-order chi connectivity index (χ0) is 15.7. The van der Waals surface area contributed by atoms with Gasteiger partial charge in [-0.2, -0.15) is 0 Å². The molecular weight excluding hydrogens is 260 g/mol. The molecule has 21 heavy (non-hydrogen) atoms. The topological polar surface area (TPSA) is 69.1 Å². The van der Waals surface area contributed by atoms with Crippen LogP contribution in [0.5, 0.6) is 0 Å². The number of rotatable bonds is 4. The summed E-state index contributed by atoms with van der Waals surface area (Å²) in [6.45, 7) is 8.56. The lowest BCUT2D eigenvalue weighted by Gasteiger charge is -2.12. The molecule has 0 saturated carbocycles. The Bertz CT molecular complexity index is 646. The Hall–Kier alpha value is -1.87. The number of amides is 1. The highest BCUT2D eigenvalue weighted by molar-refractivity contribution is 5.80. The Morgan fingerprint density at radius 2 is 1.81 bits per heavy atom. The van der Waals surface area contributed by atoms with Crippen molar-refractivity contribution in [1.29, 1.82) is 0 Å². The molecule has 0 aromatic heterocycles. The summed E-state index contributed by atoms with van der Waals surface area (Å²) in [5, 5.41) is 0. The summed E-state index contributed by atoms with van der Waals surface area (Å²) >= 11 is 0. The molecule has 0 saturated heterocycles. The summed E-state index contributed by atoms with van der Waals surface area (Å²) in [7, 11) is 0. The molecule has 2 rings (SSSR count). The number of fused-ring (bicyclic) bond motifs is 1. The lowest BCUT2D eigenvalue weighted by molar-refractivity contribution is -0.118. The second-order valence-electron chi connectivity index (χ2n) is 6.16. The summed E-state index contributed by atoms with van der Waals surface area (Å²) in [6.07, 6.45) is 0.174. The van der Waals surface area contributed by atoms with Crippen molar-refractivity contribution in [3.63, 3.8) is 0 Å². The van der Waals surface area contributed by atoms with Gasteiger partial charge in [0.15, 0.2) is 0 Å². The number of carbonyl (C=O) groups is 1. The average molecular weight is 284 g/mol. The van der Waals surface area contributed by atoms with E-state index < -0.39 is 0 Å². The van der Waals surface area contributed by atoms with Crippen molar-refractivity contribution in [2.24, 2.45) is 11.5 Å². The van der Waals surface area contributed by atoms with E-state index in [1.165, 1.54) is 22.3 Å². The van der Waals surface area contributed by atoms with Gasteiger partial charge in [-0.05, 0) is 53.1 Å². The van der Waals surface area contributed by atoms with Gasteiger partial charge in [0, 0.05) is 12.5 Å². The fourth-order valence-electron chi connectivity index (χ4n) is 2.86. The van der Waals surface area contributed by atoms with Crippen LogP contribution in [0.4, 0.5) is 0 Å². The van der Waals surface area contributed by atoms with Gasteiger partial charge in [-0.1, -0.05) is 38.1 Å². The first-order chi connectivity index (χ1) is 9.81. The Kier molecular flexibility index (Phi) is 4.33. The number of hydrogen-bond acceptors (Lipinski definition) is 2. The van der Waals surface area contributed by atoms with Crippen LogP contribution in [0, 0.1) is 13.8 Å². The maximum Gasteiger partial charge on any atom is 0.219 e. The molecule has 1 amide bonds.